The Kier molecular flexibility index (Phi) is 5.67. The van der Waals surface area contributed by atoms with Crippen LogP contribution in [-0.2, 0) is 0 Å². The summed E-state index contributed by atoms with van der Waals surface area (Å²) in [7, 11) is 0. The summed E-state index contributed by atoms with van der Waals surface area (Å²) in [6, 6.07) is 14.4. The van der Waals surface area contributed by atoms with Gasteiger partial charge in [0.05, 0.1) is 0 Å². The Labute approximate surface area is 135 Å². The lowest BCUT2D eigenvalue weighted by Crippen LogP contribution is -2.22. The van der Waals surface area contributed by atoms with E-state index in [9.17, 15) is 4.79 Å². The topological polar surface area (TPSA) is 41.6 Å². The first-order chi connectivity index (χ1) is 10.6. The highest BCUT2D eigenvalue weighted by molar-refractivity contribution is 6.30. The Bertz CT molecular complexity index is 642. The Balaban J connectivity index is 2.04. The molecule has 0 aliphatic rings. The summed E-state index contributed by atoms with van der Waals surface area (Å²) in [6.45, 7) is 5.97. The van der Waals surface area contributed by atoms with Gasteiger partial charge in [0.15, 0.2) is 0 Å². The summed E-state index contributed by atoms with van der Waals surface area (Å²) in [5, 5.41) is 3.21. The quantitative estimate of drug-likeness (QED) is 0.861. The van der Waals surface area contributed by atoms with Gasteiger partial charge in [0.2, 0.25) is 0 Å². The predicted octanol–water partition coefficient (Wildman–Crippen LogP) is 4.80. The second-order valence-corrected chi connectivity index (χ2v) is 5.13. The van der Waals surface area contributed by atoms with Crippen molar-refractivity contribution in [3.05, 3.63) is 53.6 Å². The summed E-state index contributed by atoms with van der Waals surface area (Å²) in [5.74, 6) is 0.504. The Morgan fingerprint density at radius 2 is 1.86 bits per heavy atom. The van der Waals surface area contributed by atoms with Crippen LogP contribution in [0.3, 0.4) is 0 Å². The van der Waals surface area contributed by atoms with Crippen LogP contribution >= 0.6 is 11.6 Å². The van der Waals surface area contributed by atoms with Crippen molar-refractivity contribution < 1.29 is 9.53 Å². The SMILES string of the molecule is CCN(CC)c1cccc(OC(=O)Nc2cccc(Cl)c2)c1. The Morgan fingerprint density at radius 3 is 2.55 bits per heavy atom. The van der Waals surface area contributed by atoms with Gasteiger partial charge in [0.1, 0.15) is 5.75 Å². The molecule has 0 saturated heterocycles. The van der Waals surface area contributed by atoms with Crippen LogP contribution in [0.25, 0.3) is 0 Å². The van der Waals surface area contributed by atoms with Gasteiger partial charge in [-0.05, 0) is 44.2 Å². The second kappa shape index (κ2) is 7.71. The van der Waals surface area contributed by atoms with E-state index in [-0.39, 0.29) is 0 Å². The lowest BCUT2D eigenvalue weighted by molar-refractivity contribution is 0.215. The molecule has 2 aromatic carbocycles. The van der Waals surface area contributed by atoms with Crippen molar-refractivity contribution in [3.63, 3.8) is 0 Å². The molecule has 0 spiro atoms. The summed E-state index contributed by atoms with van der Waals surface area (Å²) in [6.07, 6.45) is -0.543. The van der Waals surface area contributed by atoms with E-state index in [1.54, 1.807) is 30.3 Å². The number of ether oxygens (including phenoxy) is 1. The lowest BCUT2D eigenvalue weighted by Gasteiger charge is -2.21. The fourth-order valence-corrected chi connectivity index (χ4v) is 2.34. The zero-order chi connectivity index (χ0) is 15.9. The molecule has 0 aliphatic carbocycles. The smallest absolute Gasteiger partial charge is 0.410 e. The van der Waals surface area contributed by atoms with E-state index in [2.05, 4.69) is 24.1 Å². The van der Waals surface area contributed by atoms with Gasteiger partial charge in [-0.2, -0.15) is 0 Å². The number of nitrogens with zero attached hydrogens (tertiary/aromatic N) is 1. The number of rotatable bonds is 5. The average molecular weight is 319 g/mol. The fourth-order valence-electron chi connectivity index (χ4n) is 2.15. The molecular weight excluding hydrogens is 300 g/mol. The number of amides is 1. The number of carbonyl (C=O) groups excluding carboxylic acids is 1. The zero-order valence-electron chi connectivity index (χ0n) is 12.7. The third-order valence-electron chi connectivity index (χ3n) is 3.23. The molecule has 0 aromatic heterocycles. The van der Waals surface area contributed by atoms with E-state index >= 15 is 0 Å². The molecule has 0 atom stereocenters. The van der Waals surface area contributed by atoms with E-state index in [1.807, 2.05) is 18.2 Å². The number of anilines is 2. The molecule has 116 valence electrons. The van der Waals surface area contributed by atoms with E-state index in [0.717, 1.165) is 18.8 Å². The summed E-state index contributed by atoms with van der Waals surface area (Å²) in [4.78, 5) is 14.1. The molecule has 0 heterocycles. The number of benzene rings is 2. The van der Waals surface area contributed by atoms with E-state index < -0.39 is 6.09 Å². The monoisotopic (exact) mass is 318 g/mol. The minimum absolute atomic E-state index is 0.504. The molecule has 22 heavy (non-hydrogen) atoms. The second-order valence-electron chi connectivity index (χ2n) is 4.69. The van der Waals surface area contributed by atoms with Gasteiger partial charge in [0.25, 0.3) is 0 Å². The van der Waals surface area contributed by atoms with Crippen LogP contribution in [0, 0.1) is 0 Å². The minimum Gasteiger partial charge on any atom is -0.410 e. The van der Waals surface area contributed by atoms with Crippen LogP contribution < -0.4 is 15.0 Å². The maximum absolute atomic E-state index is 11.9. The highest BCUT2D eigenvalue weighted by atomic mass is 35.5. The van der Waals surface area contributed by atoms with Crippen molar-refractivity contribution in [1.82, 2.24) is 0 Å². The van der Waals surface area contributed by atoms with Crippen LogP contribution in [0.1, 0.15) is 13.8 Å². The van der Waals surface area contributed by atoms with Crippen molar-refractivity contribution in [2.45, 2.75) is 13.8 Å². The zero-order valence-corrected chi connectivity index (χ0v) is 13.4. The Morgan fingerprint density at radius 1 is 1.14 bits per heavy atom. The van der Waals surface area contributed by atoms with E-state index in [1.165, 1.54) is 0 Å². The van der Waals surface area contributed by atoms with Gasteiger partial charge in [-0.15, -0.1) is 0 Å². The maximum atomic E-state index is 11.9. The van der Waals surface area contributed by atoms with Crippen LogP contribution in [-0.4, -0.2) is 19.2 Å². The molecule has 0 fully saturated rings. The normalized spacial score (nSPS) is 10.1. The first kappa shape index (κ1) is 16.2. The van der Waals surface area contributed by atoms with Crippen LogP contribution in [0.2, 0.25) is 5.02 Å². The van der Waals surface area contributed by atoms with Gasteiger partial charge in [-0.1, -0.05) is 23.7 Å². The highest BCUT2D eigenvalue weighted by Gasteiger charge is 2.08. The minimum atomic E-state index is -0.543. The molecule has 1 amide bonds. The first-order valence-electron chi connectivity index (χ1n) is 7.21. The maximum Gasteiger partial charge on any atom is 0.417 e. The van der Waals surface area contributed by atoms with Crippen molar-refractivity contribution in [1.29, 1.82) is 0 Å². The molecule has 5 heteroatoms. The van der Waals surface area contributed by atoms with Gasteiger partial charge in [-0.25, -0.2) is 4.79 Å². The molecule has 0 radical (unpaired) electrons. The molecule has 1 N–H and O–H groups in total. The third-order valence-corrected chi connectivity index (χ3v) is 3.46. The van der Waals surface area contributed by atoms with Gasteiger partial charge in [-0.3, -0.25) is 5.32 Å². The molecule has 0 aliphatic heterocycles. The average Bonchev–Trinajstić information content (AvgIpc) is 2.49. The highest BCUT2D eigenvalue weighted by Crippen LogP contribution is 2.22. The molecule has 4 nitrogen and oxygen atoms in total. The van der Waals surface area contributed by atoms with Crippen molar-refractivity contribution in [3.8, 4) is 5.75 Å². The molecule has 0 saturated carbocycles. The first-order valence-corrected chi connectivity index (χ1v) is 7.59. The summed E-state index contributed by atoms with van der Waals surface area (Å²) in [5.41, 5.74) is 1.62. The molecule has 2 aromatic rings. The molecular formula is C17H19ClN2O2. The third kappa shape index (κ3) is 4.40. The predicted molar refractivity (Wildman–Crippen MR) is 91.1 cm³/mol. The molecule has 2 rings (SSSR count). The van der Waals surface area contributed by atoms with Crippen LogP contribution in [0.4, 0.5) is 16.2 Å². The van der Waals surface area contributed by atoms with Gasteiger partial charge < -0.3 is 9.64 Å². The van der Waals surface area contributed by atoms with Crippen molar-refractivity contribution in [2.75, 3.05) is 23.3 Å². The van der Waals surface area contributed by atoms with Gasteiger partial charge in [0, 0.05) is 35.6 Å². The van der Waals surface area contributed by atoms with E-state index in [0.29, 0.717) is 16.5 Å². The van der Waals surface area contributed by atoms with Gasteiger partial charge >= 0.3 is 6.09 Å². The van der Waals surface area contributed by atoms with Crippen molar-refractivity contribution in [2.24, 2.45) is 0 Å². The number of nitrogens with one attached hydrogen (secondary N) is 1. The Hall–Kier alpha value is -2.20. The number of carbonyl (C=O) groups is 1. The molecule has 0 unspecified atom stereocenters. The van der Waals surface area contributed by atoms with Crippen LogP contribution in [0.15, 0.2) is 48.5 Å². The lowest BCUT2D eigenvalue weighted by atomic mass is 10.2. The number of halogens is 1. The van der Waals surface area contributed by atoms with Crippen LogP contribution in [0.5, 0.6) is 5.75 Å². The summed E-state index contributed by atoms with van der Waals surface area (Å²) < 4.78 is 5.32. The summed E-state index contributed by atoms with van der Waals surface area (Å²) >= 11 is 5.88. The largest absolute Gasteiger partial charge is 0.417 e. The standard InChI is InChI=1S/C17H19ClN2O2/c1-3-20(4-2)15-9-6-10-16(12-15)22-17(21)19-14-8-5-7-13(18)11-14/h5-12H,3-4H2,1-2H3,(H,19,21). The fraction of sp³-hybridized carbons (Fsp3) is 0.235. The number of hydrogen-bond donors (Lipinski definition) is 1. The molecule has 0 bridgehead atoms. The van der Waals surface area contributed by atoms with E-state index in [4.69, 9.17) is 16.3 Å². The van der Waals surface area contributed by atoms with Crippen molar-refractivity contribution >= 4 is 29.1 Å². The number of hydrogen-bond acceptors (Lipinski definition) is 3.